The van der Waals surface area contributed by atoms with Gasteiger partial charge in [-0.3, -0.25) is 0 Å². The maximum atomic E-state index is 10.1. The van der Waals surface area contributed by atoms with E-state index in [0.717, 1.165) is 0 Å². The zero-order valence-corrected chi connectivity index (χ0v) is 6.12. The van der Waals surface area contributed by atoms with Gasteiger partial charge in [-0.05, 0) is 0 Å². The summed E-state index contributed by atoms with van der Waals surface area (Å²) >= 11 is 0. The molecule has 7 heteroatoms. The van der Waals surface area contributed by atoms with Gasteiger partial charge in [0.05, 0.1) is 0 Å². The third kappa shape index (κ3) is 168. The van der Waals surface area contributed by atoms with Crippen molar-refractivity contribution in [2.24, 2.45) is 0 Å². The molecule has 0 aromatic rings. The van der Waals surface area contributed by atoms with Crippen LogP contribution in [-0.4, -0.2) is 50.7 Å². The van der Waals surface area contributed by atoms with Crippen molar-refractivity contribution in [3.8, 4) is 0 Å². The molecule has 0 spiro atoms. The maximum absolute atomic E-state index is 10.1. The van der Waals surface area contributed by atoms with Crippen molar-refractivity contribution in [3.63, 3.8) is 0 Å². The molecular formula is CaF2O3S. The molecule has 0 saturated carbocycles. The van der Waals surface area contributed by atoms with E-state index in [-0.39, 0.29) is 42.4 Å². The molecule has 0 heterocycles. The van der Waals surface area contributed by atoms with Crippen molar-refractivity contribution >= 4 is 48.2 Å². The van der Waals surface area contributed by atoms with Crippen molar-refractivity contribution in [3.05, 3.63) is 0 Å². The van der Waals surface area contributed by atoms with Crippen LogP contribution in [-0.2, 0) is 10.5 Å². The van der Waals surface area contributed by atoms with Gasteiger partial charge in [-0.2, -0.15) is 0 Å². The quantitative estimate of drug-likeness (QED) is 0.205. The van der Waals surface area contributed by atoms with E-state index in [1.54, 1.807) is 0 Å². The monoisotopic (exact) mass is 158 g/mol. The standard InChI is InChI=1S/Ca.FHO3S.FH/c;1-5(2,3)4;/h;(H,2,3,4);1H/q+2;;/p-2. The predicted octanol–water partition coefficient (Wildman–Crippen LogP) is -3.96. The minimum atomic E-state index is -5.42. The molecule has 40 valence electrons. The molecule has 0 aromatic heterocycles. The number of hydrogen-bond donors (Lipinski definition) is 0. The van der Waals surface area contributed by atoms with E-state index in [4.69, 9.17) is 13.0 Å². The third-order valence-electron chi connectivity index (χ3n) is 0. The van der Waals surface area contributed by atoms with Gasteiger partial charge in [0, 0.05) is 0 Å². The predicted molar refractivity (Wildman–Crippen MR) is 16.6 cm³/mol. The maximum Gasteiger partial charge on any atom is 2.00 e. The largest absolute Gasteiger partial charge is 2.00 e. The molecular weight excluding hydrogens is 158 g/mol. The van der Waals surface area contributed by atoms with Crippen LogP contribution in [0.15, 0.2) is 0 Å². The first-order valence-electron chi connectivity index (χ1n) is 0.654. The number of hydrogen-bond acceptors (Lipinski definition) is 3. The summed E-state index contributed by atoms with van der Waals surface area (Å²) in [4.78, 5) is 0. The Morgan fingerprint density at radius 3 is 1.43 bits per heavy atom. The molecule has 0 amide bonds. The van der Waals surface area contributed by atoms with Crippen LogP contribution in [0.5, 0.6) is 0 Å². The Balaban J connectivity index is -0.0000000800. The van der Waals surface area contributed by atoms with Crippen LogP contribution in [0, 0.1) is 0 Å². The molecule has 0 aromatic carbocycles. The molecule has 0 atom stereocenters. The van der Waals surface area contributed by atoms with Gasteiger partial charge in [-0.15, -0.1) is 3.89 Å². The minimum Gasteiger partial charge on any atom is -1.00 e. The molecule has 0 aliphatic rings. The molecule has 0 aliphatic carbocycles. The van der Waals surface area contributed by atoms with Crippen LogP contribution in [0.4, 0.5) is 3.89 Å². The Morgan fingerprint density at radius 2 is 1.43 bits per heavy atom. The molecule has 0 saturated heterocycles. The summed E-state index contributed by atoms with van der Waals surface area (Å²) in [5.74, 6) is 0. The van der Waals surface area contributed by atoms with Gasteiger partial charge >= 0.3 is 37.7 Å². The van der Waals surface area contributed by atoms with E-state index >= 15 is 0 Å². The van der Waals surface area contributed by atoms with Gasteiger partial charge in [0.2, 0.25) is 0 Å². The summed E-state index contributed by atoms with van der Waals surface area (Å²) in [6, 6.07) is 0. The summed E-state index contributed by atoms with van der Waals surface area (Å²) < 4.78 is 35.3. The van der Waals surface area contributed by atoms with E-state index in [1.807, 2.05) is 0 Å². The number of rotatable bonds is 0. The van der Waals surface area contributed by atoms with Gasteiger partial charge in [-0.25, -0.2) is 8.42 Å². The molecule has 0 fully saturated rings. The summed E-state index contributed by atoms with van der Waals surface area (Å²) in [5.41, 5.74) is 0. The van der Waals surface area contributed by atoms with Crippen molar-refractivity contribution in [1.82, 2.24) is 0 Å². The third-order valence-corrected chi connectivity index (χ3v) is 0. The van der Waals surface area contributed by atoms with Crippen LogP contribution in [0.1, 0.15) is 0 Å². The summed E-state index contributed by atoms with van der Waals surface area (Å²) in [6.45, 7) is 0. The van der Waals surface area contributed by atoms with E-state index in [9.17, 15) is 3.89 Å². The zero-order valence-electron chi connectivity index (χ0n) is 3.10. The first-order chi connectivity index (χ1) is 2.00. The van der Waals surface area contributed by atoms with Gasteiger partial charge in [-0.1, -0.05) is 0 Å². The Hall–Kier alpha value is 1.03. The Kier molecular flexibility index (Phi) is 11.6. The molecule has 0 aliphatic heterocycles. The van der Waals surface area contributed by atoms with Crippen molar-refractivity contribution in [2.45, 2.75) is 0 Å². The van der Waals surface area contributed by atoms with Gasteiger partial charge in [0.1, 0.15) is 0 Å². The van der Waals surface area contributed by atoms with Crippen LogP contribution < -0.4 is 4.70 Å². The fourth-order valence-electron chi connectivity index (χ4n) is 0. The van der Waals surface area contributed by atoms with Crippen molar-refractivity contribution < 1.29 is 21.6 Å². The summed E-state index contributed by atoms with van der Waals surface area (Å²) in [5, 5.41) is 0. The van der Waals surface area contributed by atoms with E-state index < -0.39 is 10.5 Å². The molecule has 0 N–H and O–H groups in total. The normalized spacial score (nSPS) is 8.29. The SMILES string of the molecule is O=S(=O)([O-])F.[Ca+2].[F-]. The van der Waals surface area contributed by atoms with Crippen molar-refractivity contribution in [1.29, 1.82) is 0 Å². The first-order valence-corrected chi connectivity index (χ1v) is 1.96. The average Bonchev–Trinajstić information content (AvgIpc) is 0.722. The van der Waals surface area contributed by atoms with Crippen LogP contribution in [0.25, 0.3) is 0 Å². The Bertz CT molecular complexity index is 96.1. The van der Waals surface area contributed by atoms with E-state index in [1.165, 1.54) is 0 Å². The zero-order chi connectivity index (χ0) is 4.50. The summed E-state index contributed by atoms with van der Waals surface area (Å²) in [7, 11) is -5.42. The molecule has 0 unspecified atom stereocenters. The minimum absolute atomic E-state index is 0. The van der Waals surface area contributed by atoms with Crippen LogP contribution in [0.3, 0.4) is 0 Å². The second-order valence-corrected chi connectivity index (χ2v) is 1.18. The van der Waals surface area contributed by atoms with Gasteiger partial charge in [0.25, 0.3) is 10.5 Å². The van der Waals surface area contributed by atoms with E-state index in [0.29, 0.717) is 0 Å². The topological polar surface area (TPSA) is 57.2 Å². The van der Waals surface area contributed by atoms with Crippen LogP contribution in [0.2, 0.25) is 0 Å². The van der Waals surface area contributed by atoms with Gasteiger partial charge < -0.3 is 9.26 Å². The molecule has 7 heavy (non-hydrogen) atoms. The van der Waals surface area contributed by atoms with Crippen molar-refractivity contribution in [2.75, 3.05) is 0 Å². The molecule has 0 radical (unpaired) electrons. The van der Waals surface area contributed by atoms with Crippen LogP contribution >= 0.6 is 0 Å². The first kappa shape index (κ1) is 15.7. The van der Waals surface area contributed by atoms with E-state index in [2.05, 4.69) is 0 Å². The molecule has 0 bridgehead atoms. The smallest absolute Gasteiger partial charge is 1.00 e. The number of halogens is 2. The second kappa shape index (κ2) is 5.17. The Labute approximate surface area is 69.3 Å². The fraction of sp³-hybridized carbons (Fsp3) is 0. The summed E-state index contributed by atoms with van der Waals surface area (Å²) in [6.07, 6.45) is 0. The molecule has 3 nitrogen and oxygen atoms in total. The van der Waals surface area contributed by atoms with Gasteiger partial charge in [0.15, 0.2) is 0 Å². The second-order valence-electron chi connectivity index (χ2n) is 0.393. The average molecular weight is 158 g/mol. The Morgan fingerprint density at radius 1 is 1.43 bits per heavy atom. The fourth-order valence-corrected chi connectivity index (χ4v) is 0. The molecule has 0 rings (SSSR count).